The molecule has 1 aliphatic rings. The van der Waals surface area contributed by atoms with Crippen LogP contribution in [0.15, 0.2) is 28.8 Å². The van der Waals surface area contributed by atoms with E-state index in [4.69, 9.17) is 16.1 Å². The first-order valence-electron chi connectivity index (χ1n) is 5.16. The van der Waals surface area contributed by atoms with Crippen LogP contribution in [0.5, 0.6) is 0 Å². The molecule has 6 heteroatoms. The predicted molar refractivity (Wildman–Crippen MR) is 67.4 cm³/mol. The molecular formula is C11H11Cl2N3O. The van der Waals surface area contributed by atoms with Gasteiger partial charge in [-0.1, -0.05) is 28.9 Å². The molecule has 4 nitrogen and oxygen atoms in total. The second kappa shape index (κ2) is 5.04. The van der Waals surface area contributed by atoms with E-state index in [2.05, 4.69) is 15.5 Å². The van der Waals surface area contributed by atoms with Crippen LogP contribution in [-0.4, -0.2) is 16.7 Å². The third-order valence-corrected chi connectivity index (χ3v) is 2.88. The highest BCUT2D eigenvalue weighted by atomic mass is 35.5. The van der Waals surface area contributed by atoms with Gasteiger partial charge in [-0.25, -0.2) is 0 Å². The largest absolute Gasteiger partial charge is 0.337 e. The van der Waals surface area contributed by atoms with Gasteiger partial charge in [-0.05, 0) is 25.1 Å². The van der Waals surface area contributed by atoms with Crippen molar-refractivity contribution >= 4 is 24.0 Å². The zero-order valence-corrected chi connectivity index (χ0v) is 10.5. The summed E-state index contributed by atoms with van der Waals surface area (Å²) in [5.41, 5.74) is 0.877. The third-order valence-electron chi connectivity index (χ3n) is 2.65. The lowest BCUT2D eigenvalue weighted by Gasteiger charge is -2.23. The van der Waals surface area contributed by atoms with Crippen molar-refractivity contribution in [3.05, 3.63) is 35.2 Å². The summed E-state index contributed by atoms with van der Waals surface area (Å²) in [7, 11) is 0. The minimum absolute atomic E-state index is 0. The maximum atomic E-state index is 5.90. The Balaban J connectivity index is 0.00000108. The predicted octanol–water partition coefficient (Wildman–Crippen LogP) is 2.85. The molecule has 0 aliphatic carbocycles. The summed E-state index contributed by atoms with van der Waals surface area (Å²) in [5.74, 6) is 1.24. The molecule has 1 aliphatic heterocycles. The van der Waals surface area contributed by atoms with E-state index < -0.39 is 0 Å². The van der Waals surface area contributed by atoms with Crippen LogP contribution < -0.4 is 5.32 Å². The summed E-state index contributed by atoms with van der Waals surface area (Å²) in [6, 6.07) is 7.65. The summed E-state index contributed by atoms with van der Waals surface area (Å²) in [6.07, 6.45) is 1.05. The Bertz CT molecular complexity index is 511. The first-order chi connectivity index (χ1) is 7.83. The molecule has 1 fully saturated rings. The molecule has 1 aromatic carbocycles. The van der Waals surface area contributed by atoms with Gasteiger partial charge in [0.05, 0.1) is 6.04 Å². The second-order valence-corrected chi connectivity index (χ2v) is 4.20. The molecule has 1 atom stereocenters. The van der Waals surface area contributed by atoms with E-state index in [1.54, 1.807) is 0 Å². The summed E-state index contributed by atoms with van der Waals surface area (Å²) in [4.78, 5) is 4.34. The second-order valence-electron chi connectivity index (χ2n) is 3.76. The van der Waals surface area contributed by atoms with Crippen LogP contribution in [0.1, 0.15) is 18.4 Å². The molecule has 0 unspecified atom stereocenters. The van der Waals surface area contributed by atoms with Crippen molar-refractivity contribution in [3.63, 3.8) is 0 Å². The number of hydrogen-bond donors (Lipinski definition) is 1. The smallest absolute Gasteiger partial charge is 0.244 e. The SMILES string of the molecule is Cl.Clc1cccc(-c2noc([C@H]3CCN3)n2)c1. The Kier molecular flexibility index (Phi) is 3.66. The highest BCUT2D eigenvalue weighted by Gasteiger charge is 2.24. The van der Waals surface area contributed by atoms with Crippen LogP contribution in [0.25, 0.3) is 11.4 Å². The minimum Gasteiger partial charge on any atom is -0.337 e. The fourth-order valence-corrected chi connectivity index (χ4v) is 1.81. The maximum absolute atomic E-state index is 5.90. The highest BCUT2D eigenvalue weighted by molar-refractivity contribution is 6.30. The third kappa shape index (κ3) is 2.44. The number of aromatic nitrogens is 2. The zero-order chi connectivity index (χ0) is 11.0. The van der Waals surface area contributed by atoms with Crippen molar-refractivity contribution in [2.24, 2.45) is 0 Å². The van der Waals surface area contributed by atoms with E-state index in [1.807, 2.05) is 24.3 Å². The van der Waals surface area contributed by atoms with Gasteiger partial charge in [-0.2, -0.15) is 4.98 Å². The monoisotopic (exact) mass is 271 g/mol. The van der Waals surface area contributed by atoms with Crippen LogP contribution in [0.2, 0.25) is 5.02 Å². The molecule has 0 amide bonds. The Morgan fingerprint density at radius 1 is 1.41 bits per heavy atom. The molecule has 0 saturated carbocycles. The number of hydrogen-bond acceptors (Lipinski definition) is 4. The van der Waals surface area contributed by atoms with E-state index in [9.17, 15) is 0 Å². The fourth-order valence-electron chi connectivity index (χ4n) is 1.62. The molecule has 0 spiro atoms. The normalized spacial score (nSPS) is 18.3. The van der Waals surface area contributed by atoms with Gasteiger partial charge in [0.25, 0.3) is 0 Å². The van der Waals surface area contributed by atoms with E-state index in [0.29, 0.717) is 16.7 Å². The minimum atomic E-state index is 0. The van der Waals surface area contributed by atoms with Crippen LogP contribution in [0.4, 0.5) is 0 Å². The lowest BCUT2D eigenvalue weighted by atomic mass is 10.1. The number of nitrogens with one attached hydrogen (secondary N) is 1. The van der Waals surface area contributed by atoms with Gasteiger partial charge in [0, 0.05) is 10.6 Å². The Hall–Kier alpha value is -1.10. The molecule has 90 valence electrons. The molecule has 1 aromatic heterocycles. The molecule has 0 bridgehead atoms. The molecular weight excluding hydrogens is 261 g/mol. The Morgan fingerprint density at radius 2 is 2.24 bits per heavy atom. The number of halogens is 2. The van der Waals surface area contributed by atoms with Crippen molar-refractivity contribution < 1.29 is 4.52 Å². The average molecular weight is 272 g/mol. The molecule has 17 heavy (non-hydrogen) atoms. The molecule has 3 rings (SSSR count). The number of rotatable bonds is 2. The van der Waals surface area contributed by atoms with Crippen LogP contribution in [-0.2, 0) is 0 Å². The molecule has 2 heterocycles. The van der Waals surface area contributed by atoms with Crippen molar-refractivity contribution in [3.8, 4) is 11.4 Å². The fraction of sp³-hybridized carbons (Fsp3) is 0.273. The van der Waals surface area contributed by atoms with Crippen molar-refractivity contribution in [1.82, 2.24) is 15.5 Å². The van der Waals surface area contributed by atoms with Crippen molar-refractivity contribution in [1.29, 1.82) is 0 Å². The van der Waals surface area contributed by atoms with Crippen LogP contribution >= 0.6 is 24.0 Å². The summed E-state index contributed by atoms with van der Waals surface area (Å²) in [6.45, 7) is 1.01. The Morgan fingerprint density at radius 3 is 2.88 bits per heavy atom. The van der Waals surface area contributed by atoms with Crippen LogP contribution in [0, 0.1) is 0 Å². The summed E-state index contributed by atoms with van der Waals surface area (Å²) < 4.78 is 5.20. The van der Waals surface area contributed by atoms with Gasteiger partial charge in [-0.15, -0.1) is 12.4 Å². The van der Waals surface area contributed by atoms with Gasteiger partial charge in [0.2, 0.25) is 11.7 Å². The summed E-state index contributed by atoms with van der Waals surface area (Å²) in [5, 5.41) is 7.83. The summed E-state index contributed by atoms with van der Waals surface area (Å²) >= 11 is 5.90. The quantitative estimate of drug-likeness (QED) is 0.913. The van der Waals surface area contributed by atoms with Gasteiger partial charge in [0.1, 0.15) is 0 Å². The molecule has 0 radical (unpaired) electrons. The van der Waals surface area contributed by atoms with Crippen molar-refractivity contribution in [2.45, 2.75) is 12.5 Å². The van der Waals surface area contributed by atoms with Gasteiger partial charge in [-0.3, -0.25) is 0 Å². The lowest BCUT2D eigenvalue weighted by molar-refractivity contribution is 0.273. The zero-order valence-electron chi connectivity index (χ0n) is 8.89. The highest BCUT2D eigenvalue weighted by Crippen LogP contribution is 2.25. The number of nitrogens with zero attached hydrogens (tertiary/aromatic N) is 2. The van der Waals surface area contributed by atoms with Gasteiger partial charge < -0.3 is 9.84 Å². The van der Waals surface area contributed by atoms with E-state index in [0.717, 1.165) is 18.5 Å². The van der Waals surface area contributed by atoms with E-state index in [-0.39, 0.29) is 18.4 Å². The van der Waals surface area contributed by atoms with Gasteiger partial charge in [0.15, 0.2) is 0 Å². The molecule has 1 N–H and O–H groups in total. The first kappa shape index (κ1) is 12.4. The van der Waals surface area contributed by atoms with Gasteiger partial charge >= 0.3 is 0 Å². The lowest BCUT2D eigenvalue weighted by Crippen LogP contribution is -2.35. The molecule has 2 aromatic rings. The maximum Gasteiger partial charge on any atom is 0.244 e. The van der Waals surface area contributed by atoms with Crippen molar-refractivity contribution in [2.75, 3.05) is 6.54 Å². The average Bonchev–Trinajstić information content (AvgIpc) is 2.64. The van der Waals surface area contributed by atoms with E-state index >= 15 is 0 Å². The standard InChI is InChI=1S/C11H10ClN3O.ClH/c12-8-3-1-2-7(6-8)10-14-11(16-15-10)9-4-5-13-9;/h1-3,6,9,13H,4-5H2;1H/t9-;/m1./s1. The topological polar surface area (TPSA) is 51.0 Å². The molecule has 1 saturated heterocycles. The Labute approximate surface area is 110 Å². The van der Waals surface area contributed by atoms with E-state index in [1.165, 1.54) is 0 Å². The number of benzene rings is 1. The first-order valence-corrected chi connectivity index (χ1v) is 5.53. The van der Waals surface area contributed by atoms with Crippen LogP contribution in [0.3, 0.4) is 0 Å².